The average Bonchev–Trinajstić information content (AvgIpc) is 2.53. The van der Waals surface area contributed by atoms with Crippen molar-refractivity contribution < 1.29 is 4.74 Å². The third-order valence-electron chi connectivity index (χ3n) is 3.34. The smallest absolute Gasteiger partial charge is 0.150 e. The second kappa shape index (κ2) is 4.80. The first-order valence-corrected chi connectivity index (χ1v) is 6.65. The molecule has 1 aromatic heterocycles. The number of hydrogen-bond donors (Lipinski definition) is 1. The molecule has 5 heteroatoms. The summed E-state index contributed by atoms with van der Waals surface area (Å²) < 4.78 is 7.64. The normalized spacial score (nSPS) is 19.2. The van der Waals surface area contributed by atoms with Crippen molar-refractivity contribution >= 4 is 11.5 Å². The number of nitrogen functional groups attached to an aromatic ring is 1. The Kier molecular flexibility index (Phi) is 3.52. The zero-order valence-electron chi connectivity index (χ0n) is 11.9. The van der Waals surface area contributed by atoms with E-state index in [0.717, 1.165) is 49.7 Å². The fraction of sp³-hybridized carbons (Fsp3) is 0.769. The van der Waals surface area contributed by atoms with Gasteiger partial charge in [-0.2, -0.15) is 5.10 Å². The van der Waals surface area contributed by atoms with Crippen molar-refractivity contribution in [1.82, 2.24) is 9.78 Å². The van der Waals surface area contributed by atoms with E-state index < -0.39 is 0 Å². The molecule has 1 aliphatic rings. The zero-order chi connectivity index (χ0) is 13.3. The molecule has 1 aromatic rings. The SMILES string of the molecule is CCCc1nn(C)c(N2CCOC(C)(C)C2)c1N. The van der Waals surface area contributed by atoms with E-state index in [2.05, 4.69) is 30.8 Å². The molecule has 0 unspecified atom stereocenters. The van der Waals surface area contributed by atoms with Crippen LogP contribution in [-0.2, 0) is 18.2 Å². The number of rotatable bonds is 3. The van der Waals surface area contributed by atoms with Crippen molar-refractivity contribution in [3.63, 3.8) is 0 Å². The molecule has 0 atom stereocenters. The molecule has 0 aliphatic carbocycles. The van der Waals surface area contributed by atoms with E-state index in [1.54, 1.807) is 0 Å². The Hall–Kier alpha value is -1.23. The standard InChI is InChI=1S/C13H24N4O/c1-5-6-10-11(14)12(16(4)15-10)17-7-8-18-13(2,3)9-17/h5-9,14H2,1-4H3. The number of hydrogen-bond acceptors (Lipinski definition) is 4. The number of aromatic nitrogens is 2. The van der Waals surface area contributed by atoms with Gasteiger partial charge in [0.1, 0.15) is 0 Å². The summed E-state index contributed by atoms with van der Waals surface area (Å²) in [5.41, 5.74) is 7.96. The van der Waals surface area contributed by atoms with Crippen LogP contribution in [0.4, 0.5) is 11.5 Å². The van der Waals surface area contributed by atoms with Crippen LogP contribution in [0.25, 0.3) is 0 Å². The zero-order valence-corrected chi connectivity index (χ0v) is 11.9. The predicted octanol–water partition coefficient (Wildman–Crippen LogP) is 1.57. The van der Waals surface area contributed by atoms with E-state index in [0.29, 0.717) is 0 Å². The van der Waals surface area contributed by atoms with E-state index in [-0.39, 0.29) is 5.60 Å². The van der Waals surface area contributed by atoms with Crippen molar-refractivity contribution in [1.29, 1.82) is 0 Å². The lowest BCUT2D eigenvalue weighted by atomic mass is 10.1. The second-order valence-electron chi connectivity index (χ2n) is 5.59. The molecule has 1 aliphatic heterocycles. The van der Waals surface area contributed by atoms with Crippen molar-refractivity contribution in [2.24, 2.45) is 7.05 Å². The van der Waals surface area contributed by atoms with Gasteiger partial charge in [0.2, 0.25) is 0 Å². The Morgan fingerprint density at radius 1 is 1.44 bits per heavy atom. The van der Waals surface area contributed by atoms with Gasteiger partial charge in [-0.05, 0) is 20.3 Å². The number of aryl methyl sites for hydroxylation is 2. The average molecular weight is 252 g/mol. The lowest BCUT2D eigenvalue weighted by molar-refractivity contribution is -0.0280. The van der Waals surface area contributed by atoms with E-state index in [1.165, 1.54) is 0 Å². The highest BCUT2D eigenvalue weighted by Gasteiger charge is 2.30. The first-order valence-electron chi connectivity index (χ1n) is 6.65. The molecule has 0 saturated carbocycles. The summed E-state index contributed by atoms with van der Waals surface area (Å²) in [6.45, 7) is 8.82. The maximum atomic E-state index is 6.24. The van der Waals surface area contributed by atoms with Gasteiger partial charge in [-0.1, -0.05) is 13.3 Å². The first kappa shape index (κ1) is 13.2. The van der Waals surface area contributed by atoms with E-state index in [4.69, 9.17) is 10.5 Å². The number of ether oxygens (including phenoxy) is 1. The largest absolute Gasteiger partial charge is 0.394 e. The summed E-state index contributed by atoms with van der Waals surface area (Å²) in [5.74, 6) is 1.04. The fourth-order valence-corrected chi connectivity index (χ4v) is 2.58. The Balaban J connectivity index is 2.27. The molecule has 102 valence electrons. The van der Waals surface area contributed by atoms with E-state index in [9.17, 15) is 0 Å². The molecule has 0 amide bonds. The van der Waals surface area contributed by atoms with Crippen molar-refractivity contribution in [2.75, 3.05) is 30.3 Å². The number of nitrogens with zero attached hydrogens (tertiary/aromatic N) is 3. The van der Waals surface area contributed by atoms with Gasteiger partial charge in [0.15, 0.2) is 5.82 Å². The number of anilines is 2. The molecule has 2 heterocycles. The van der Waals surface area contributed by atoms with Gasteiger partial charge in [0.25, 0.3) is 0 Å². The van der Waals surface area contributed by atoms with Gasteiger partial charge in [-0.15, -0.1) is 0 Å². The van der Waals surface area contributed by atoms with Crippen LogP contribution in [-0.4, -0.2) is 35.1 Å². The fourth-order valence-electron chi connectivity index (χ4n) is 2.58. The minimum atomic E-state index is -0.125. The first-order chi connectivity index (χ1) is 8.44. The third kappa shape index (κ3) is 2.46. The molecule has 0 aromatic carbocycles. The van der Waals surface area contributed by atoms with Crippen LogP contribution in [0.2, 0.25) is 0 Å². The monoisotopic (exact) mass is 252 g/mol. The summed E-state index contributed by atoms with van der Waals surface area (Å²) in [7, 11) is 1.97. The van der Waals surface area contributed by atoms with Crippen LogP contribution in [0, 0.1) is 0 Å². The molecule has 0 bridgehead atoms. The van der Waals surface area contributed by atoms with Gasteiger partial charge in [-0.3, -0.25) is 4.68 Å². The Morgan fingerprint density at radius 3 is 2.78 bits per heavy atom. The number of morpholine rings is 1. The molecule has 5 nitrogen and oxygen atoms in total. The van der Waals surface area contributed by atoms with Crippen LogP contribution >= 0.6 is 0 Å². The Bertz CT molecular complexity index is 425. The van der Waals surface area contributed by atoms with Gasteiger partial charge < -0.3 is 15.4 Å². The summed E-state index contributed by atoms with van der Waals surface area (Å²) in [6.07, 6.45) is 2.00. The summed E-state index contributed by atoms with van der Waals surface area (Å²) in [5, 5.41) is 4.53. The molecule has 1 fully saturated rings. The highest BCUT2D eigenvalue weighted by atomic mass is 16.5. The van der Waals surface area contributed by atoms with Crippen LogP contribution in [0.15, 0.2) is 0 Å². The maximum Gasteiger partial charge on any atom is 0.150 e. The summed E-state index contributed by atoms with van der Waals surface area (Å²) in [4.78, 5) is 2.28. The predicted molar refractivity (Wildman–Crippen MR) is 73.9 cm³/mol. The van der Waals surface area contributed by atoms with E-state index in [1.807, 2.05) is 11.7 Å². The molecular formula is C13H24N4O. The minimum Gasteiger partial charge on any atom is -0.394 e. The van der Waals surface area contributed by atoms with Gasteiger partial charge in [0, 0.05) is 20.1 Å². The van der Waals surface area contributed by atoms with Gasteiger partial charge in [0.05, 0.1) is 23.6 Å². The highest BCUT2D eigenvalue weighted by molar-refractivity contribution is 5.66. The lowest BCUT2D eigenvalue weighted by Gasteiger charge is -2.39. The molecular weight excluding hydrogens is 228 g/mol. The van der Waals surface area contributed by atoms with Crippen LogP contribution in [0.1, 0.15) is 32.9 Å². The Morgan fingerprint density at radius 2 is 2.17 bits per heavy atom. The van der Waals surface area contributed by atoms with Crippen LogP contribution < -0.4 is 10.6 Å². The quantitative estimate of drug-likeness (QED) is 0.887. The second-order valence-corrected chi connectivity index (χ2v) is 5.59. The summed E-state index contributed by atoms with van der Waals surface area (Å²) >= 11 is 0. The molecule has 18 heavy (non-hydrogen) atoms. The molecule has 1 saturated heterocycles. The van der Waals surface area contributed by atoms with Crippen molar-refractivity contribution in [3.05, 3.63) is 5.69 Å². The maximum absolute atomic E-state index is 6.24. The van der Waals surface area contributed by atoms with Crippen molar-refractivity contribution in [2.45, 2.75) is 39.2 Å². The highest BCUT2D eigenvalue weighted by Crippen LogP contribution is 2.30. The van der Waals surface area contributed by atoms with Crippen LogP contribution in [0.3, 0.4) is 0 Å². The molecule has 0 radical (unpaired) electrons. The number of nitrogens with two attached hydrogens (primary N) is 1. The Labute approximate surface area is 109 Å². The topological polar surface area (TPSA) is 56.3 Å². The van der Waals surface area contributed by atoms with Gasteiger partial charge >= 0.3 is 0 Å². The molecule has 2 N–H and O–H groups in total. The van der Waals surface area contributed by atoms with Gasteiger partial charge in [-0.25, -0.2) is 0 Å². The third-order valence-corrected chi connectivity index (χ3v) is 3.34. The van der Waals surface area contributed by atoms with E-state index >= 15 is 0 Å². The summed E-state index contributed by atoms with van der Waals surface area (Å²) in [6, 6.07) is 0. The van der Waals surface area contributed by atoms with Crippen LogP contribution in [0.5, 0.6) is 0 Å². The molecule has 0 spiro atoms. The minimum absolute atomic E-state index is 0.125. The molecule has 2 rings (SSSR count). The lowest BCUT2D eigenvalue weighted by Crippen LogP contribution is -2.49. The van der Waals surface area contributed by atoms with Crippen molar-refractivity contribution in [3.8, 4) is 0 Å².